The summed E-state index contributed by atoms with van der Waals surface area (Å²) in [5.41, 5.74) is 4.22. The van der Waals surface area contributed by atoms with Gasteiger partial charge in [0.1, 0.15) is 18.1 Å². The number of benzene rings is 3. The number of rotatable bonds is 8. The van der Waals surface area contributed by atoms with Gasteiger partial charge in [-0.3, -0.25) is 4.79 Å². The van der Waals surface area contributed by atoms with Crippen LogP contribution in [0.2, 0.25) is 10.0 Å². The second-order valence-electron chi connectivity index (χ2n) is 5.97. The van der Waals surface area contributed by atoms with Crippen molar-refractivity contribution in [3.05, 3.63) is 94.0 Å². The molecule has 0 unspecified atom stereocenters. The van der Waals surface area contributed by atoms with Crippen LogP contribution in [0.25, 0.3) is 0 Å². The number of hydrazone groups is 1. The summed E-state index contributed by atoms with van der Waals surface area (Å²) < 4.78 is 11.2. The number of amides is 1. The van der Waals surface area contributed by atoms with Crippen molar-refractivity contribution in [3.8, 4) is 11.5 Å². The molecular formula is C22H18Cl2N2O3. The summed E-state index contributed by atoms with van der Waals surface area (Å²) >= 11 is 11.8. The normalized spacial score (nSPS) is 10.7. The van der Waals surface area contributed by atoms with Crippen molar-refractivity contribution in [1.82, 2.24) is 5.43 Å². The first-order valence-electron chi connectivity index (χ1n) is 8.77. The summed E-state index contributed by atoms with van der Waals surface area (Å²) in [7, 11) is 0. The van der Waals surface area contributed by atoms with Crippen LogP contribution in [0.5, 0.6) is 11.5 Å². The Morgan fingerprint density at radius 3 is 2.48 bits per heavy atom. The minimum atomic E-state index is -0.421. The third-order valence-corrected chi connectivity index (χ3v) is 4.33. The standard InChI is InChI=1S/C22H18Cl2N2O3/c23-18-10-11-21(19(24)12-18)29-15-22(27)26-25-13-17-8-4-5-9-20(17)28-14-16-6-2-1-3-7-16/h1-13H,14-15H2,(H,26,27)/b25-13+. The third kappa shape index (κ3) is 6.52. The first kappa shape index (κ1) is 20.7. The molecule has 29 heavy (non-hydrogen) atoms. The van der Waals surface area contributed by atoms with Crippen molar-refractivity contribution >= 4 is 35.3 Å². The molecule has 7 heteroatoms. The number of para-hydroxylation sites is 1. The van der Waals surface area contributed by atoms with Gasteiger partial charge < -0.3 is 9.47 Å². The van der Waals surface area contributed by atoms with Gasteiger partial charge in [0.05, 0.1) is 11.2 Å². The quantitative estimate of drug-likeness (QED) is 0.400. The molecule has 3 aromatic rings. The molecule has 0 atom stereocenters. The highest BCUT2D eigenvalue weighted by atomic mass is 35.5. The Morgan fingerprint density at radius 1 is 0.931 bits per heavy atom. The monoisotopic (exact) mass is 428 g/mol. The molecule has 1 N–H and O–H groups in total. The smallest absolute Gasteiger partial charge is 0.277 e. The van der Waals surface area contributed by atoms with Gasteiger partial charge in [-0.1, -0.05) is 65.7 Å². The second kappa shape index (κ2) is 10.5. The van der Waals surface area contributed by atoms with Crippen molar-refractivity contribution in [2.24, 2.45) is 5.10 Å². The number of carbonyl (C=O) groups is 1. The van der Waals surface area contributed by atoms with Crippen LogP contribution in [0, 0.1) is 0 Å². The lowest BCUT2D eigenvalue weighted by molar-refractivity contribution is -0.123. The van der Waals surface area contributed by atoms with Gasteiger partial charge in [-0.2, -0.15) is 5.10 Å². The number of hydrogen-bond acceptors (Lipinski definition) is 4. The van der Waals surface area contributed by atoms with Gasteiger partial charge >= 0.3 is 0 Å². The van der Waals surface area contributed by atoms with Crippen LogP contribution in [-0.4, -0.2) is 18.7 Å². The van der Waals surface area contributed by atoms with Crippen LogP contribution < -0.4 is 14.9 Å². The molecule has 0 aliphatic rings. The summed E-state index contributed by atoms with van der Waals surface area (Å²) in [5, 5.41) is 4.79. The Morgan fingerprint density at radius 2 is 1.69 bits per heavy atom. The number of ether oxygens (including phenoxy) is 2. The maximum absolute atomic E-state index is 11.9. The number of carbonyl (C=O) groups excluding carboxylic acids is 1. The maximum Gasteiger partial charge on any atom is 0.277 e. The van der Waals surface area contributed by atoms with E-state index in [1.165, 1.54) is 6.21 Å². The number of nitrogens with zero attached hydrogens (tertiary/aromatic N) is 1. The van der Waals surface area contributed by atoms with Gasteiger partial charge in [0, 0.05) is 10.6 Å². The fourth-order valence-electron chi connectivity index (χ4n) is 2.40. The van der Waals surface area contributed by atoms with Gasteiger partial charge in [-0.15, -0.1) is 0 Å². The predicted molar refractivity (Wildman–Crippen MR) is 115 cm³/mol. The molecular weight excluding hydrogens is 411 g/mol. The Balaban J connectivity index is 1.52. The van der Waals surface area contributed by atoms with E-state index >= 15 is 0 Å². The molecule has 0 heterocycles. The van der Waals surface area contributed by atoms with Crippen molar-refractivity contribution in [2.75, 3.05) is 6.61 Å². The summed E-state index contributed by atoms with van der Waals surface area (Å²) in [4.78, 5) is 11.9. The summed E-state index contributed by atoms with van der Waals surface area (Å²) in [6, 6.07) is 22.1. The van der Waals surface area contributed by atoms with E-state index in [1.54, 1.807) is 18.2 Å². The van der Waals surface area contributed by atoms with E-state index in [9.17, 15) is 4.79 Å². The number of halogens is 2. The minimum Gasteiger partial charge on any atom is -0.488 e. The molecule has 0 radical (unpaired) electrons. The fourth-order valence-corrected chi connectivity index (χ4v) is 2.86. The van der Waals surface area contributed by atoms with Crippen LogP contribution in [0.4, 0.5) is 0 Å². The molecule has 148 valence electrons. The largest absolute Gasteiger partial charge is 0.488 e. The second-order valence-corrected chi connectivity index (χ2v) is 6.81. The van der Waals surface area contributed by atoms with Crippen LogP contribution in [0.3, 0.4) is 0 Å². The highest BCUT2D eigenvalue weighted by Gasteiger charge is 2.06. The Kier molecular flexibility index (Phi) is 7.50. The zero-order valence-electron chi connectivity index (χ0n) is 15.3. The van der Waals surface area contributed by atoms with Gasteiger partial charge in [0.25, 0.3) is 5.91 Å². The van der Waals surface area contributed by atoms with E-state index < -0.39 is 5.91 Å². The van der Waals surface area contributed by atoms with E-state index in [1.807, 2.05) is 54.6 Å². The first-order chi connectivity index (χ1) is 14.1. The van der Waals surface area contributed by atoms with Crippen LogP contribution in [0.15, 0.2) is 77.9 Å². The molecule has 0 spiro atoms. The molecule has 0 bridgehead atoms. The molecule has 5 nitrogen and oxygen atoms in total. The van der Waals surface area contributed by atoms with Crippen molar-refractivity contribution in [3.63, 3.8) is 0 Å². The predicted octanol–water partition coefficient (Wildman–Crippen LogP) is 5.10. The molecule has 0 saturated heterocycles. The summed E-state index contributed by atoms with van der Waals surface area (Å²) in [6.07, 6.45) is 1.52. The topological polar surface area (TPSA) is 59.9 Å². The average Bonchev–Trinajstić information content (AvgIpc) is 2.73. The highest BCUT2D eigenvalue weighted by Crippen LogP contribution is 2.27. The summed E-state index contributed by atoms with van der Waals surface area (Å²) in [6.45, 7) is 0.207. The lowest BCUT2D eigenvalue weighted by atomic mass is 10.2. The fraction of sp³-hybridized carbons (Fsp3) is 0.0909. The third-order valence-electron chi connectivity index (χ3n) is 3.80. The van der Waals surface area contributed by atoms with Gasteiger partial charge in [0.15, 0.2) is 6.61 Å². The molecule has 3 rings (SSSR count). The molecule has 0 aromatic heterocycles. The number of hydrogen-bond donors (Lipinski definition) is 1. The van der Waals surface area contributed by atoms with E-state index in [0.717, 1.165) is 11.1 Å². The van der Waals surface area contributed by atoms with Crippen LogP contribution in [0.1, 0.15) is 11.1 Å². The molecule has 0 saturated carbocycles. The van der Waals surface area contributed by atoms with Gasteiger partial charge in [-0.05, 0) is 35.9 Å². The Bertz CT molecular complexity index is 994. The Hall–Kier alpha value is -3.02. The van der Waals surface area contributed by atoms with Crippen molar-refractivity contribution in [1.29, 1.82) is 0 Å². The molecule has 0 aliphatic heterocycles. The van der Waals surface area contributed by atoms with E-state index in [4.69, 9.17) is 32.7 Å². The molecule has 3 aromatic carbocycles. The molecule has 0 aliphatic carbocycles. The molecule has 1 amide bonds. The van der Waals surface area contributed by atoms with Crippen molar-refractivity contribution in [2.45, 2.75) is 6.61 Å². The van der Waals surface area contributed by atoms with Gasteiger partial charge in [0.2, 0.25) is 0 Å². The van der Waals surface area contributed by atoms with Crippen LogP contribution >= 0.6 is 23.2 Å². The van der Waals surface area contributed by atoms with E-state index in [0.29, 0.717) is 28.2 Å². The van der Waals surface area contributed by atoms with Gasteiger partial charge in [-0.25, -0.2) is 5.43 Å². The first-order valence-corrected chi connectivity index (χ1v) is 9.53. The maximum atomic E-state index is 11.9. The zero-order chi connectivity index (χ0) is 20.5. The SMILES string of the molecule is O=C(COc1ccc(Cl)cc1Cl)N/N=C/c1ccccc1OCc1ccccc1. The lowest BCUT2D eigenvalue weighted by Gasteiger charge is -2.09. The molecule has 0 fully saturated rings. The van der Waals surface area contributed by atoms with E-state index in [-0.39, 0.29) is 6.61 Å². The van der Waals surface area contributed by atoms with E-state index in [2.05, 4.69) is 10.5 Å². The van der Waals surface area contributed by atoms with Crippen molar-refractivity contribution < 1.29 is 14.3 Å². The zero-order valence-corrected chi connectivity index (χ0v) is 16.9. The summed E-state index contributed by atoms with van der Waals surface area (Å²) in [5.74, 6) is 0.614. The Labute approximate surface area is 178 Å². The highest BCUT2D eigenvalue weighted by molar-refractivity contribution is 6.35. The number of nitrogens with one attached hydrogen (secondary N) is 1. The lowest BCUT2D eigenvalue weighted by Crippen LogP contribution is -2.24. The average molecular weight is 429 g/mol. The minimum absolute atomic E-state index is 0.231. The van der Waals surface area contributed by atoms with Crippen LogP contribution in [-0.2, 0) is 11.4 Å².